The molecular formula is C21H24N4O4. The van der Waals surface area contributed by atoms with E-state index in [1.807, 2.05) is 13.0 Å². The van der Waals surface area contributed by atoms with Gasteiger partial charge in [-0.05, 0) is 31.0 Å². The van der Waals surface area contributed by atoms with Crippen LogP contribution in [0.1, 0.15) is 28.8 Å². The SMILES string of the molecule is C=CCN1c2nc(C#Cc3ccc(OC)c(OC)c3)n(C)c2C(=O)N(CC)C1O. The van der Waals surface area contributed by atoms with Gasteiger partial charge in [0.1, 0.15) is 0 Å². The van der Waals surface area contributed by atoms with Crippen molar-refractivity contribution in [2.45, 2.75) is 13.3 Å². The lowest BCUT2D eigenvalue weighted by Crippen LogP contribution is -2.55. The highest BCUT2D eigenvalue weighted by Crippen LogP contribution is 2.30. The summed E-state index contributed by atoms with van der Waals surface area (Å²) in [6.45, 7) is 6.25. The molecular weight excluding hydrogens is 372 g/mol. The van der Waals surface area contributed by atoms with Gasteiger partial charge in [0, 0.05) is 25.7 Å². The van der Waals surface area contributed by atoms with Gasteiger partial charge >= 0.3 is 0 Å². The molecule has 1 aliphatic rings. The summed E-state index contributed by atoms with van der Waals surface area (Å²) < 4.78 is 12.2. The Balaban J connectivity index is 2.04. The molecule has 2 aromatic rings. The molecule has 0 spiro atoms. The van der Waals surface area contributed by atoms with E-state index < -0.39 is 6.35 Å². The molecule has 0 bridgehead atoms. The van der Waals surface area contributed by atoms with Gasteiger partial charge in [0.05, 0.1) is 14.2 Å². The number of nitrogens with zero attached hydrogens (tertiary/aromatic N) is 4. The number of anilines is 1. The Kier molecular flexibility index (Phi) is 5.80. The second-order valence-corrected chi connectivity index (χ2v) is 6.37. The summed E-state index contributed by atoms with van der Waals surface area (Å²) in [5.41, 5.74) is 1.10. The lowest BCUT2D eigenvalue weighted by Gasteiger charge is -2.39. The fourth-order valence-electron chi connectivity index (χ4n) is 3.22. The number of rotatable bonds is 5. The number of benzene rings is 1. The van der Waals surface area contributed by atoms with Gasteiger partial charge in [-0.2, -0.15) is 0 Å². The lowest BCUT2D eigenvalue weighted by atomic mass is 10.2. The zero-order valence-corrected chi connectivity index (χ0v) is 17.0. The number of methoxy groups -OCH3 is 2. The maximum atomic E-state index is 12.8. The predicted octanol–water partition coefficient (Wildman–Crippen LogP) is 1.58. The highest BCUT2D eigenvalue weighted by molar-refractivity contribution is 5.99. The number of imidazole rings is 1. The summed E-state index contributed by atoms with van der Waals surface area (Å²) >= 11 is 0. The van der Waals surface area contributed by atoms with Crippen molar-refractivity contribution in [2.75, 3.05) is 32.2 Å². The molecule has 8 heteroatoms. The van der Waals surface area contributed by atoms with Crippen LogP contribution in [0.5, 0.6) is 11.5 Å². The Bertz CT molecular complexity index is 1000. The van der Waals surface area contributed by atoms with Crippen molar-refractivity contribution < 1.29 is 19.4 Å². The first-order valence-electron chi connectivity index (χ1n) is 9.14. The van der Waals surface area contributed by atoms with Crippen LogP contribution < -0.4 is 14.4 Å². The third-order valence-corrected chi connectivity index (χ3v) is 4.74. The Morgan fingerprint density at radius 3 is 2.59 bits per heavy atom. The predicted molar refractivity (Wildman–Crippen MR) is 109 cm³/mol. The summed E-state index contributed by atoms with van der Waals surface area (Å²) in [7, 11) is 4.87. The van der Waals surface area contributed by atoms with E-state index in [0.29, 0.717) is 47.5 Å². The maximum Gasteiger partial charge on any atom is 0.277 e. The molecule has 1 amide bonds. The van der Waals surface area contributed by atoms with Crippen LogP contribution in [0.3, 0.4) is 0 Å². The van der Waals surface area contributed by atoms with Crippen LogP contribution in [0.25, 0.3) is 0 Å². The van der Waals surface area contributed by atoms with Crippen molar-refractivity contribution in [3.05, 3.63) is 47.9 Å². The average molecular weight is 396 g/mol. The first kappa shape index (κ1) is 20.3. The van der Waals surface area contributed by atoms with Gasteiger partial charge in [0.15, 0.2) is 28.8 Å². The van der Waals surface area contributed by atoms with Crippen molar-refractivity contribution in [2.24, 2.45) is 7.05 Å². The molecule has 2 heterocycles. The van der Waals surface area contributed by atoms with Crippen LogP contribution in [0.2, 0.25) is 0 Å². The van der Waals surface area contributed by atoms with Crippen molar-refractivity contribution in [3.63, 3.8) is 0 Å². The number of aromatic nitrogens is 2. The molecule has 0 radical (unpaired) electrons. The van der Waals surface area contributed by atoms with Crippen LogP contribution in [-0.4, -0.2) is 59.1 Å². The topological polar surface area (TPSA) is 80.1 Å². The molecule has 8 nitrogen and oxygen atoms in total. The molecule has 1 unspecified atom stereocenters. The number of carbonyl (C=O) groups excluding carboxylic acids is 1. The number of hydrogen-bond acceptors (Lipinski definition) is 6. The van der Waals surface area contributed by atoms with Crippen molar-refractivity contribution >= 4 is 11.7 Å². The van der Waals surface area contributed by atoms with Gasteiger partial charge < -0.3 is 24.0 Å². The lowest BCUT2D eigenvalue weighted by molar-refractivity contribution is 0.00407. The number of ether oxygens (including phenoxy) is 2. The van der Waals surface area contributed by atoms with E-state index in [9.17, 15) is 9.90 Å². The maximum absolute atomic E-state index is 12.8. The number of amides is 1. The number of carbonyl (C=O) groups is 1. The van der Waals surface area contributed by atoms with Crippen molar-refractivity contribution in [1.82, 2.24) is 14.5 Å². The van der Waals surface area contributed by atoms with Crippen molar-refractivity contribution in [3.8, 4) is 23.3 Å². The number of aliphatic hydroxyl groups excluding tert-OH is 1. The second kappa shape index (κ2) is 8.29. The molecule has 0 saturated heterocycles. The second-order valence-electron chi connectivity index (χ2n) is 6.37. The van der Waals surface area contributed by atoms with E-state index in [4.69, 9.17) is 9.47 Å². The van der Waals surface area contributed by atoms with Crippen LogP contribution in [0, 0.1) is 11.8 Å². The average Bonchev–Trinajstić information content (AvgIpc) is 3.06. The smallest absolute Gasteiger partial charge is 0.277 e. The van der Waals surface area contributed by atoms with E-state index in [-0.39, 0.29) is 5.91 Å². The van der Waals surface area contributed by atoms with E-state index in [1.54, 1.807) is 48.9 Å². The fourth-order valence-corrected chi connectivity index (χ4v) is 3.22. The zero-order chi connectivity index (χ0) is 21.1. The monoisotopic (exact) mass is 396 g/mol. The standard InChI is InChI=1S/C21H24N4O4/c1-6-12-25-19-18(20(26)24(7-2)21(25)27)23(3)17(22-19)11-9-14-8-10-15(28-4)16(13-14)29-5/h6,8,10,13,21,27H,1,7,12H2,2-5H3. The van der Waals surface area contributed by atoms with Gasteiger partial charge in [-0.25, -0.2) is 4.98 Å². The molecule has 1 aliphatic heterocycles. The summed E-state index contributed by atoms with van der Waals surface area (Å²) in [4.78, 5) is 20.4. The summed E-state index contributed by atoms with van der Waals surface area (Å²) in [5, 5.41) is 10.6. The van der Waals surface area contributed by atoms with Crippen LogP contribution >= 0.6 is 0 Å². The van der Waals surface area contributed by atoms with Crippen LogP contribution in [-0.2, 0) is 7.05 Å². The third-order valence-electron chi connectivity index (χ3n) is 4.74. The minimum atomic E-state index is -1.10. The summed E-state index contributed by atoms with van der Waals surface area (Å²) in [5.74, 6) is 7.76. The Morgan fingerprint density at radius 2 is 1.97 bits per heavy atom. The molecule has 0 saturated carbocycles. The largest absolute Gasteiger partial charge is 0.493 e. The molecule has 1 N–H and O–H groups in total. The van der Waals surface area contributed by atoms with Gasteiger partial charge in [-0.1, -0.05) is 12.0 Å². The van der Waals surface area contributed by atoms with Gasteiger partial charge in [-0.15, -0.1) is 6.58 Å². The quantitative estimate of drug-likeness (QED) is 0.611. The fraction of sp³-hybridized carbons (Fsp3) is 0.333. The van der Waals surface area contributed by atoms with E-state index >= 15 is 0 Å². The van der Waals surface area contributed by atoms with Crippen molar-refractivity contribution in [1.29, 1.82) is 0 Å². The number of aliphatic hydroxyl groups is 1. The summed E-state index contributed by atoms with van der Waals surface area (Å²) in [6, 6.07) is 5.36. The Labute approximate surface area is 170 Å². The minimum Gasteiger partial charge on any atom is -0.493 e. The van der Waals surface area contributed by atoms with Gasteiger partial charge in [0.2, 0.25) is 6.35 Å². The van der Waals surface area contributed by atoms with Gasteiger partial charge in [0.25, 0.3) is 5.91 Å². The third kappa shape index (κ3) is 3.52. The molecule has 1 aromatic carbocycles. The highest BCUT2D eigenvalue weighted by Gasteiger charge is 2.39. The van der Waals surface area contributed by atoms with E-state index in [0.717, 1.165) is 0 Å². The Hall–Kier alpha value is -3.44. The molecule has 152 valence electrons. The number of fused-ring (bicyclic) bond motifs is 1. The number of hydrogen-bond donors (Lipinski definition) is 1. The molecule has 29 heavy (non-hydrogen) atoms. The molecule has 3 rings (SSSR count). The molecule has 0 fully saturated rings. The van der Waals surface area contributed by atoms with E-state index in [2.05, 4.69) is 23.4 Å². The minimum absolute atomic E-state index is 0.288. The zero-order valence-electron chi connectivity index (χ0n) is 17.0. The highest BCUT2D eigenvalue weighted by atomic mass is 16.5. The molecule has 1 aromatic heterocycles. The first-order chi connectivity index (χ1) is 14.0. The molecule has 1 atom stereocenters. The van der Waals surface area contributed by atoms with Crippen LogP contribution in [0.4, 0.5) is 5.82 Å². The Morgan fingerprint density at radius 1 is 1.24 bits per heavy atom. The van der Waals surface area contributed by atoms with Crippen LogP contribution in [0.15, 0.2) is 30.9 Å². The molecule has 0 aliphatic carbocycles. The first-order valence-corrected chi connectivity index (χ1v) is 9.14. The van der Waals surface area contributed by atoms with E-state index in [1.165, 1.54) is 4.90 Å². The van der Waals surface area contributed by atoms with Gasteiger partial charge in [-0.3, -0.25) is 9.69 Å². The summed E-state index contributed by atoms with van der Waals surface area (Å²) in [6.07, 6.45) is 0.555. The normalized spacial score (nSPS) is 15.5.